The first kappa shape index (κ1) is 22.5. The molecule has 2 rings (SSSR count). The summed E-state index contributed by atoms with van der Waals surface area (Å²) in [7, 11) is 3.82. The highest BCUT2D eigenvalue weighted by Gasteiger charge is 2.38. The van der Waals surface area contributed by atoms with E-state index in [9.17, 15) is 18.0 Å². The SMILES string of the molecule is Cc1nc(N(C)C)nc(NC2CCCCNC2=O)c1C.O=C(O)C(F)(F)F. The molecule has 2 heterocycles. The van der Waals surface area contributed by atoms with Crippen molar-refractivity contribution >= 4 is 23.6 Å². The summed E-state index contributed by atoms with van der Waals surface area (Å²) in [4.78, 5) is 31.7. The Bertz CT molecular complexity index is 680. The summed E-state index contributed by atoms with van der Waals surface area (Å²) in [6.45, 7) is 4.70. The van der Waals surface area contributed by atoms with Crippen molar-refractivity contribution in [1.82, 2.24) is 15.3 Å². The molecule has 8 nitrogen and oxygen atoms in total. The van der Waals surface area contributed by atoms with Gasteiger partial charge < -0.3 is 20.6 Å². The second kappa shape index (κ2) is 9.38. The molecule has 1 fully saturated rings. The van der Waals surface area contributed by atoms with Crippen LogP contribution < -0.4 is 15.5 Å². The fraction of sp³-hybridized carbons (Fsp3) is 0.625. The van der Waals surface area contributed by atoms with E-state index in [2.05, 4.69) is 20.6 Å². The highest BCUT2D eigenvalue weighted by molar-refractivity contribution is 5.84. The van der Waals surface area contributed by atoms with E-state index in [-0.39, 0.29) is 11.9 Å². The monoisotopic (exact) mass is 391 g/mol. The molecule has 0 bridgehead atoms. The molecule has 1 unspecified atom stereocenters. The largest absolute Gasteiger partial charge is 0.490 e. The molecule has 1 atom stereocenters. The summed E-state index contributed by atoms with van der Waals surface area (Å²) in [6, 6.07) is -0.208. The molecule has 1 aliphatic heterocycles. The van der Waals surface area contributed by atoms with Gasteiger partial charge in [0, 0.05) is 31.9 Å². The Kier molecular flexibility index (Phi) is 7.80. The minimum absolute atomic E-state index is 0.0598. The van der Waals surface area contributed by atoms with E-state index >= 15 is 0 Å². The van der Waals surface area contributed by atoms with Crippen LogP contribution >= 0.6 is 0 Å². The van der Waals surface area contributed by atoms with Gasteiger partial charge in [-0.2, -0.15) is 18.2 Å². The van der Waals surface area contributed by atoms with Crippen molar-refractivity contribution in [2.24, 2.45) is 0 Å². The van der Waals surface area contributed by atoms with Crippen molar-refractivity contribution in [2.75, 3.05) is 30.9 Å². The lowest BCUT2D eigenvalue weighted by Crippen LogP contribution is -2.38. The smallest absolute Gasteiger partial charge is 0.475 e. The zero-order valence-electron chi connectivity index (χ0n) is 15.6. The summed E-state index contributed by atoms with van der Waals surface area (Å²) < 4.78 is 31.7. The number of halogens is 3. The minimum atomic E-state index is -5.08. The third-order valence-corrected chi connectivity index (χ3v) is 3.87. The molecule has 1 saturated heterocycles. The number of aliphatic carboxylic acids is 1. The number of aryl methyl sites for hydroxylation is 1. The Morgan fingerprint density at radius 1 is 1.26 bits per heavy atom. The minimum Gasteiger partial charge on any atom is -0.475 e. The summed E-state index contributed by atoms with van der Waals surface area (Å²) in [5, 5.41) is 13.3. The zero-order valence-corrected chi connectivity index (χ0v) is 15.6. The van der Waals surface area contributed by atoms with Crippen LogP contribution in [0.25, 0.3) is 0 Å². The third-order valence-electron chi connectivity index (χ3n) is 3.87. The average molecular weight is 391 g/mol. The van der Waals surface area contributed by atoms with Crippen molar-refractivity contribution < 1.29 is 27.9 Å². The quantitative estimate of drug-likeness (QED) is 0.722. The fourth-order valence-electron chi connectivity index (χ4n) is 2.20. The van der Waals surface area contributed by atoms with Gasteiger partial charge in [0.1, 0.15) is 11.9 Å². The van der Waals surface area contributed by atoms with E-state index in [1.54, 1.807) is 0 Å². The van der Waals surface area contributed by atoms with Gasteiger partial charge in [-0.05, 0) is 33.1 Å². The highest BCUT2D eigenvalue weighted by Crippen LogP contribution is 2.20. The standard InChI is InChI=1S/C14H23N5O.C2HF3O2/c1-9-10(2)16-14(19(3)4)18-12(9)17-11-7-5-6-8-15-13(11)20;3-2(4,5)1(6)7/h11H,5-8H2,1-4H3,(H,15,20)(H,16,17,18);(H,6,7). The van der Waals surface area contributed by atoms with E-state index < -0.39 is 12.1 Å². The molecule has 1 aliphatic rings. The van der Waals surface area contributed by atoms with E-state index in [1.165, 1.54) is 0 Å². The summed E-state index contributed by atoms with van der Waals surface area (Å²) >= 11 is 0. The van der Waals surface area contributed by atoms with Crippen LogP contribution in [0.1, 0.15) is 30.5 Å². The first-order chi connectivity index (χ1) is 12.4. The van der Waals surface area contributed by atoms with Crippen LogP contribution in [-0.2, 0) is 9.59 Å². The molecule has 11 heteroatoms. The molecule has 27 heavy (non-hydrogen) atoms. The Morgan fingerprint density at radius 2 is 1.85 bits per heavy atom. The number of carboxylic acids is 1. The second-order valence-electron chi connectivity index (χ2n) is 6.26. The molecule has 0 saturated carbocycles. The summed E-state index contributed by atoms with van der Waals surface area (Å²) in [5.74, 6) is -1.29. The van der Waals surface area contributed by atoms with Gasteiger partial charge in [0.25, 0.3) is 0 Å². The Labute approximate surface area is 155 Å². The maximum Gasteiger partial charge on any atom is 0.490 e. The van der Waals surface area contributed by atoms with Gasteiger partial charge in [-0.15, -0.1) is 0 Å². The first-order valence-electron chi connectivity index (χ1n) is 8.30. The van der Waals surface area contributed by atoms with Crippen LogP contribution in [0, 0.1) is 13.8 Å². The molecule has 0 aromatic carbocycles. The molecule has 1 amide bonds. The summed E-state index contributed by atoms with van der Waals surface area (Å²) in [5.41, 5.74) is 1.92. The van der Waals surface area contributed by atoms with E-state index in [4.69, 9.17) is 9.90 Å². The molecule has 152 valence electrons. The Hall–Kier alpha value is -2.59. The maximum atomic E-state index is 12.0. The Morgan fingerprint density at radius 3 is 2.37 bits per heavy atom. The van der Waals surface area contributed by atoms with Crippen molar-refractivity contribution in [3.8, 4) is 0 Å². The van der Waals surface area contributed by atoms with Gasteiger partial charge in [-0.1, -0.05) is 0 Å². The number of nitrogens with zero attached hydrogens (tertiary/aromatic N) is 3. The molecular formula is C16H24F3N5O3. The van der Waals surface area contributed by atoms with Gasteiger partial charge in [0.05, 0.1) is 0 Å². The van der Waals surface area contributed by atoms with Crippen LogP contribution in [0.5, 0.6) is 0 Å². The van der Waals surface area contributed by atoms with Gasteiger partial charge in [-0.25, -0.2) is 9.78 Å². The fourth-order valence-corrected chi connectivity index (χ4v) is 2.20. The number of alkyl halides is 3. The summed E-state index contributed by atoms with van der Waals surface area (Å²) in [6.07, 6.45) is -2.17. The lowest BCUT2D eigenvalue weighted by molar-refractivity contribution is -0.192. The number of amides is 1. The molecule has 3 N–H and O–H groups in total. The number of hydrogen-bond donors (Lipinski definition) is 3. The second-order valence-corrected chi connectivity index (χ2v) is 6.26. The molecule has 1 aromatic heterocycles. The molecule has 0 aliphatic carbocycles. The lowest BCUT2D eigenvalue weighted by Gasteiger charge is -2.20. The van der Waals surface area contributed by atoms with Crippen molar-refractivity contribution in [3.05, 3.63) is 11.3 Å². The van der Waals surface area contributed by atoms with Crippen LogP contribution in [-0.4, -0.2) is 59.8 Å². The molecule has 1 aromatic rings. The molecular weight excluding hydrogens is 367 g/mol. The van der Waals surface area contributed by atoms with E-state index in [0.29, 0.717) is 5.95 Å². The van der Waals surface area contributed by atoms with Crippen LogP contribution in [0.3, 0.4) is 0 Å². The predicted molar refractivity (Wildman–Crippen MR) is 93.8 cm³/mol. The number of carboxylic acid groups (broad SMARTS) is 1. The number of anilines is 2. The lowest BCUT2D eigenvalue weighted by atomic mass is 10.1. The third kappa shape index (κ3) is 6.91. The normalized spacial score (nSPS) is 17.1. The first-order valence-corrected chi connectivity index (χ1v) is 8.30. The van der Waals surface area contributed by atoms with Gasteiger partial charge >= 0.3 is 12.1 Å². The topological polar surface area (TPSA) is 107 Å². The maximum absolute atomic E-state index is 12.0. The number of nitrogens with one attached hydrogen (secondary N) is 2. The zero-order chi connectivity index (χ0) is 20.8. The van der Waals surface area contributed by atoms with Gasteiger partial charge in [-0.3, -0.25) is 4.79 Å². The molecule has 0 radical (unpaired) electrons. The highest BCUT2D eigenvalue weighted by atomic mass is 19.4. The molecule has 0 spiro atoms. The average Bonchev–Trinajstić information content (AvgIpc) is 2.75. The number of rotatable bonds is 3. The number of carbonyl (C=O) groups is 2. The Balaban J connectivity index is 0.000000445. The van der Waals surface area contributed by atoms with Gasteiger partial charge in [0.15, 0.2) is 0 Å². The van der Waals surface area contributed by atoms with Gasteiger partial charge in [0.2, 0.25) is 11.9 Å². The van der Waals surface area contributed by atoms with Crippen molar-refractivity contribution in [3.63, 3.8) is 0 Å². The number of carbonyl (C=O) groups excluding carboxylic acids is 1. The van der Waals surface area contributed by atoms with Crippen LogP contribution in [0.2, 0.25) is 0 Å². The van der Waals surface area contributed by atoms with E-state index in [1.807, 2.05) is 32.8 Å². The number of hydrogen-bond acceptors (Lipinski definition) is 6. The van der Waals surface area contributed by atoms with E-state index in [0.717, 1.165) is 42.9 Å². The van der Waals surface area contributed by atoms with Crippen LogP contribution in [0.15, 0.2) is 0 Å². The van der Waals surface area contributed by atoms with Crippen molar-refractivity contribution in [1.29, 1.82) is 0 Å². The predicted octanol–water partition coefficient (Wildman–Crippen LogP) is 1.87. The number of aromatic nitrogens is 2. The van der Waals surface area contributed by atoms with Crippen LogP contribution in [0.4, 0.5) is 24.9 Å². The van der Waals surface area contributed by atoms with Crippen molar-refractivity contribution in [2.45, 2.75) is 45.3 Å².